The third kappa shape index (κ3) is 2.14. The first kappa shape index (κ1) is 11.6. The number of nitrogens with zero attached hydrogens (tertiary/aromatic N) is 1. The zero-order valence-electron chi connectivity index (χ0n) is 9.51. The molecule has 1 fully saturated rings. The van der Waals surface area contributed by atoms with Crippen LogP contribution in [0.5, 0.6) is 0 Å². The number of rotatable bonds is 2. The highest BCUT2D eigenvalue weighted by Gasteiger charge is 2.31. The lowest BCUT2D eigenvalue weighted by atomic mass is 10.1. The molecular weight excluding hydrogens is 220 g/mol. The van der Waals surface area contributed by atoms with E-state index in [1.54, 1.807) is 31.3 Å². The minimum absolute atomic E-state index is 0.113. The molecule has 0 radical (unpaired) electrons. The summed E-state index contributed by atoms with van der Waals surface area (Å²) in [6.07, 6.45) is -0.539. The standard InChI is InChI=1S/C12H14N2O3/c1-13-12(17)9-4-2-3-5-10(9)14-7-8(15)6-11(14)16/h2-5,8,15H,6-7H2,1H3,(H,13,17). The molecule has 0 saturated carbocycles. The van der Waals surface area contributed by atoms with Gasteiger partial charge in [-0.1, -0.05) is 12.1 Å². The Morgan fingerprint density at radius 1 is 1.47 bits per heavy atom. The first-order valence-electron chi connectivity index (χ1n) is 5.43. The molecule has 0 bridgehead atoms. The summed E-state index contributed by atoms with van der Waals surface area (Å²) < 4.78 is 0. The van der Waals surface area contributed by atoms with Crippen LogP contribution in [0.15, 0.2) is 24.3 Å². The molecule has 2 N–H and O–H groups in total. The molecule has 1 aromatic carbocycles. The van der Waals surface area contributed by atoms with Gasteiger partial charge >= 0.3 is 0 Å². The van der Waals surface area contributed by atoms with Gasteiger partial charge in [0.1, 0.15) is 0 Å². The highest BCUT2D eigenvalue weighted by atomic mass is 16.3. The Labute approximate surface area is 99.0 Å². The molecule has 1 aliphatic heterocycles. The van der Waals surface area contributed by atoms with Gasteiger partial charge in [0, 0.05) is 7.05 Å². The van der Waals surface area contributed by atoms with Gasteiger partial charge in [-0.05, 0) is 12.1 Å². The number of aliphatic hydroxyl groups excluding tert-OH is 1. The monoisotopic (exact) mass is 234 g/mol. The maximum absolute atomic E-state index is 11.7. The van der Waals surface area contributed by atoms with E-state index in [9.17, 15) is 14.7 Å². The summed E-state index contributed by atoms with van der Waals surface area (Å²) in [5.41, 5.74) is 0.992. The van der Waals surface area contributed by atoms with E-state index in [0.29, 0.717) is 11.3 Å². The van der Waals surface area contributed by atoms with Crippen molar-refractivity contribution in [1.29, 1.82) is 0 Å². The maximum atomic E-state index is 11.7. The molecule has 2 rings (SSSR count). The second kappa shape index (κ2) is 4.55. The molecular formula is C12H14N2O3. The number of anilines is 1. The fourth-order valence-corrected chi connectivity index (χ4v) is 1.96. The topological polar surface area (TPSA) is 69.6 Å². The van der Waals surface area contributed by atoms with Crippen molar-refractivity contribution in [2.75, 3.05) is 18.5 Å². The zero-order chi connectivity index (χ0) is 12.4. The van der Waals surface area contributed by atoms with E-state index < -0.39 is 6.10 Å². The lowest BCUT2D eigenvalue weighted by Crippen LogP contribution is -2.29. The largest absolute Gasteiger partial charge is 0.391 e. The summed E-state index contributed by atoms with van der Waals surface area (Å²) in [6.45, 7) is 0.243. The molecule has 5 nitrogen and oxygen atoms in total. The fraction of sp³-hybridized carbons (Fsp3) is 0.333. The molecule has 0 aliphatic carbocycles. The van der Waals surface area contributed by atoms with Crippen LogP contribution in [0, 0.1) is 0 Å². The molecule has 2 amide bonds. The first-order valence-corrected chi connectivity index (χ1v) is 5.43. The van der Waals surface area contributed by atoms with Crippen LogP contribution in [0.2, 0.25) is 0 Å². The van der Waals surface area contributed by atoms with Crippen molar-refractivity contribution < 1.29 is 14.7 Å². The van der Waals surface area contributed by atoms with Crippen LogP contribution in [0.25, 0.3) is 0 Å². The highest BCUT2D eigenvalue weighted by molar-refractivity contribution is 6.05. The number of nitrogens with one attached hydrogen (secondary N) is 1. The van der Waals surface area contributed by atoms with Gasteiger partial charge in [-0.25, -0.2) is 0 Å². The third-order valence-corrected chi connectivity index (χ3v) is 2.77. The molecule has 1 saturated heterocycles. The predicted octanol–water partition coefficient (Wildman–Crippen LogP) is 0.144. The Balaban J connectivity index is 2.38. The van der Waals surface area contributed by atoms with Gasteiger partial charge in [-0.3, -0.25) is 9.59 Å². The van der Waals surface area contributed by atoms with E-state index in [0.717, 1.165) is 0 Å². The number of aliphatic hydroxyl groups is 1. The lowest BCUT2D eigenvalue weighted by Gasteiger charge is -2.18. The SMILES string of the molecule is CNC(=O)c1ccccc1N1CC(O)CC1=O. The van der Waals surface area contributed by atoms with Crippen molar-refractivity contribution in [2.24, 2.45) is 0 Å². The smallest absolute Gasteiger partial charge is 0.253 e. The Kier molecular flexibility index (Phi) is 3.10. The van der Waals surface area contributed by atoms with E-state index in [1.165, 1.54) is 4.90 Å². The molecule has 0 aromatic heterocycles. The quantitative estimate of drug-likeness (QED) is 0.765. The first-order chi connectivity index (χ1) is 8.13. The van der Waals surface area contributed by atoms with E-state index in [4.69, 9.17) is 0 Å². The van der Waals surface area contributed by atoms with Gasteiger partial charge in [-0.2, -0.15) is 0 Å². The van der Waals surface area contributed by atoms with Crippen LogP contribution < -0.4 is 10.2 Å². The summed E-state index contributed by atoms with van der Waals surface area (Å²) in [5.74, 6) is -0.399. The van der Waals surface area contributed by atoms with Gasteiger partial charge in [0.15, 0.2) is 0 Å². The van der Waals surface area contributed by atoms with Crippen LogP contribution in [0.4, 0.5) is 5.69 Å². The van der Waals surface area contributed by atoms with Gasteiger partial charge < -0.3 is 15.3 Å². The summed E-state index contributed by atoms with van der Waals surface area (Å²) in [6, 6.07) is 6.87. The molecule has 5 heteroatoms. The average Bonchev–Trinajstić information content (AvgIpc) is 2.67. The Morgan fingerprint density at radius 3 is 2.76 bits per heavy atom. The average molecular weight is 234 g/mol. The fourth-order valence-electron chi connectivity index (χ4n) is 1.96. The number of para-hydroxylation sites is 1. The van der Waals surface area contributed by atoms with E-state index in [2.05, 4.69) is 5.32 Å². The minimum Gasteiger partial charge on any atom is -0.391 e. The second-order valence-electron chi connectivity index (χ2n) is 3.96. The normalized spacial score (nSPS) is 19.5. The Bertz CT molecular complexity index is 459. The number of carbonyl (C=O) groups is 2. The van der Waals surface area contributed by atoms with Gasteiger partial charge in [0.05, 0.1) is 30.3 Å². The van der Waals surface area contributed by atoms with Crippen LogP contribution in [-0.2, 0) is 4.79 Å². The number of carbonyl (C=O) groups excluding carboxylic acids is 2. The molecule has 1 heterocycles. The van der Waals surface area contributed by atoms with Crippen molar-refractivity contribution in [2.45, 2.75) is 12.5 Å². The number of β-amino-alcohol motifs (C(OH)–C–C–N with tert-alkyl or cyclic N) is 1. The van der Waals surface area contributed by atoms with Crippen molar-refractivity contribution in [1.82, 2.24) is 5.32 Å². The molecule has 1 unspecified atom stereocenters. The molecule has 1 aliphatic rings. The van der Waals surface area contributed by atoms with Crippen LogP contribution in [0.1, 0.15) is 16.8 Å². The predicted molar refractivity (Wildman–Crippen MR) is 62.8 cm³/mol. The van der Waals surface area contributed by atoms with Crippen molar-refractivity contribution in [3.63, 3.8) is 0 Å². The van der Waals surface area contributed by atoms with Gasteiger partial charge in [0.2, 0.25) is 5.91 Å². The van der Waals surface area contributed by atoms with Gasteiger partial charge in [-0.15, -0.1) is 0 Å². The van der Waals surface area contributed by atoms with E-state index in [1.807, 2.05) is 0 Å². The molecule has 1 aromatic rings. The molecule has 1 atom stereocenters. The number of hydrogen-bond donors (Lipinski definition) is 2. The van der Waals surface area contributed by atoms with E-state index >= 15 is 0 Å². The Hall–Kier alpha value is -1.88. The van der Waals surface area contributed by atoms with Crippen LogP contribution in [-0.4, -0.2) is 36.6 Å². The zero-order valence-corrected chi connectivity index (χ0v) is 9.51. The number of amides is 2. The highest BCUT2D eigenvalue weighted by Crippen LogP contribution is 2.25. The second-order valence-corrected chi connectivity index (χ2v) is 3.96. The number of benzene rings is 1. The molecule has 17 heavy (non-hydrogen) atoms. The van der Waals surface area contributed by atoms with Crippen LogP contribution >= 0.6 is 0 Å². The number of hydrogen-bond acceptors (Lipinski definition) is 3. The van der Waals surface area contributed by atoms with Gasteiger partial charge in [0.25, 0.3) is 5.91 Å². The third-order valence-electron chi connectivity index (χ3n) is 2.77. The summed E-state index contributed by atoms with van der Waals surface area (Å²) in [7, 11) is 1.54. The lowest BCUT2D eigenvalue weighted by molar-refractivity contribution is -0.117. The summed E-state index contributed by atoms with van der Waals surface area (Å²) >= 11 is 0. The van der Waals surface area contributed by atoms with E-state index in [-0.39, 0.29) is 24.8 Å². The van der Waals surface area contributed by atoms with Crippen molar-refractivity contribution >= 4 is 17.5 Å². The molecule has 0 spiro atoms. The molecule has 90 valence electrons. The summed E-state index contributed by atoms with van der Waals surface area (Å²) in [5, 5.41) is 12.0. The van der Waals surface area contributed by atoms with Crippen molar-refractivity contribution in [3.05, 3.63) is 29.8 Å². The van der Waals surface area contributed by atoms with Crippen LogP contribution in [0.3, 0.4) is 0 Å². The van der Waals surface area contributed by atoms with Crippen molar-refractivity contribution in [3.8, 4) is 0 Å². The maximum Gasteiger partial charge on any atom is 0.253 e. The minimum atomic E-state index is -0.653. The Morgan fingerprint density at radius 2 is 2.18 bits per heavy atom. The summed E-state index contributed by atoms with van der Waals surface area (Å²) in [4.78, 5) is 24.8.